The molecule has 16 bridgehead atoms. The van der Waals surface area contributed by atoms with E-state index in [1.165, 1.54) is 173 Å². The molecule has 0 saturated heterocycles. The predicted molar refractivity (Wildman–Crippen MR) is 631 cm³/mol. The van der Waals surface area contributed by atoms with Crippen LogP contribution in [0, 0.1) is 0 Å². The van der Waals surface area contributed by atoms with Gasteiger partial charge in [-0.2, -0.15) is 0 Å². The number of hydrogen-bond acceptors (Lipinski definition) is 4. The van der Waals surface area contributed by atoms with E-state index in [1.54, 1.807) is 0 Å². The van der Waals surface area contributed by atoms with Crippen molar-refractivity contribution in [1.82, 2.24) is 19.9 Å². The second-order valence-electron chi connectivity index (χ2n) is 39.2. The predicted octanol–water partition coefficient (Wildman–Crippen LogP) is 37.9. The Kier molecular flexibility index (Phi) is 36.6. The number of nitrogens with zero attached hydrogens (tertiary/aromatic N) is 4. The maximum Gasteiger partial charge on any atom is 0.0910 e. The summed E-state index contributed by atoms with van der Waals surface area (Å²) in [6, 6.07) is 67.3. The number of nitrogens with one attached hydrogen (secondary N) is 4. The fourth-order valence-corrected chi connectivity index (χ4v) is 24.6. The normalized spacial score (nSPS) is 15.9. The SMILES string of the molecule is CCC1=CCC(CC)=C(CC)C=C(c2ccccc2)C=C(CC)C(CC)=CCC(CC)=C(CC)C=C(c2ccccc2)c2[nH]c(c(CC)c2CC)C2=NC(=C(c3ccccc3)c3[nH]c(c(CC)c3CC)C3=NC(=C(c4ccccc4)c4[nH]c(c(CC)c4CC)C4=NC(=C(c5ccccc5)c5[nH]c(c(CC)c5CC)C5=NC(=C(c6ccccc6)C=C1CC)C(CC)=C5CC)C(CC)=C4CC)C(CC)=C3CC)C(CC)=C2CC. The molecule has 5 aliphatic heterocycles. The van der Waals surface area contributed by atoms with Gasteiger partial charge in [-0.15, -0.1) is 0 Å². The van der Waals surface area contributed by atoms with Gasteiger partial charge < -0.3 is 19.9 Å². The Labute approximate surface area is 877 Å². The first-order valence-corrected chi connectivity index (χ1v) is 56.6. The zero-order valence-electron chi connectivity index (χ0n) is 93.0. The van der Waals surface area contributed by atoms with Crippen LogP contribution in [0.1, 0.15) is 405 Å². The Hall–Kier alpha value is -13.0. The molecule has 4 aromatic heterocycles. The number of H-pyrrole nitrogens is 4. The summed E-state index contributed by atoms with van der Waals surface area (Å²) in [6.07, 6.45) is 37.6. The van der Waals surface area contributed by atoms with Gasteiger partial charge in [-0.3, -0.25) is 0 Å². The summed E-state index contributed by atoms with van der Waals surface area (Å²) in [5, 5.41) is 0. The molecule has 10 aromatic rings. The molecule has 0 aliphatic carbocycles. The van der Waals surface area contributed by atoms with Crippen molar-refractivity contribution in [2.75, 3.05) is 0 Å². The summed E-state index contributed by atoms with van der Waals surface area (Å²) in [5.41, 5.74) is 63.7. The highest BCUT2D eigenvalue weighted by Gasteiger charge is 2.40. The van der Waals surface area contributed by atoms with Crippen molar-refractivity contribution >= 4 is 56.3 Å². The zero-order chi connectivity index (χ0) is 104. The topological polar surface area (TPSA) is 113 Å². The van der Waals surface area contributed by atoms with Gasteiger partial charge in [0.2, 0.25) is 0 Å². The molecule has 6 aromatic carbocycles. The highest BCUT2D eigenvalue weighted by Crippen LogP contribution is 2.51. The van der Waals surface area contributed by atoms with Crippen molar-refractivity contribution in [1.29, 1.82) is 0 Å². The molecule has 0 saturated carbocycles. The van der Waals surface area contributed by atoms with Crippen LogP contribution in [-0.2, 0) is 51.4 Å². The largest absolute Gasteiger partial charge is 0.353 e. The van der Waals surface area contributed by atoms with E-state index in [0.717, 1.165) is 286 Å². The van der Waals surface area contributed by atoms with Crippen LogP contribution < -0.4 is 0 Å². The highest BCUT2D eigenvalue weighted by atomic mass is 14.9. The van der Waals surface area contributed by atoms with Crippen molar-refractivity contribution in [2.24, 2.45) is 20.0 Å². The van der Waals surface area contributed by atoms with E-state index in [-0.39, 0.29) is 0 Å². The van der Waals surface area contributed by atoms with Crippen LogP contribution in [0.25, 0.3) is 33.4 Å². The molecule has 0 unspecified atom stereocenters. The van der Waals surface area contributed by atoms with E-state index in [4.69, 9.17) is 20.0 Å². The Bertz CT molecular complexity index is 7170. The molecular weight excluding hydrogens is 1770 g/mol. The third kappa shape index (κ3) is 20.9. The van der Waals surface area contributed by atoms with Gasteiger partial charge in [0.25, 0.3) is 0 Å². The Morgan fingerprint density at radius 3 is 0.740 bits per heavy atom. The molecule has 0 amide bonds. The van der Waals surface area contributed by atoms with Gasteiger partial charge in [-0.05, 0) is 341 Å². The van der Waals surface area contributed by atoms with E-state index in [9.17, 15) is 0 Å². The Balaban J connectivity index is 1.03. The number of rotatable bonds is 30. The minimum atomic E-state index is 0.797. The Morgan fingerprint density at radius 2 is 0.452 bits per heavy atom. The molecule has 146 heavy (non-hydrogen) atoms. The number of aromatic nitrogens is 4. The van der Waals surface area contributed by atoms with Gasteiger partial charge in [-0.25, -0.2) is 20.0 Å². The van der Waals surface area contributed by atoms with E-state index >= 15 is 0 Å². The first-order valence-electron chi connectivity index (χ1n) is 56.6. The Morgan fingerprint density at radius 1 is 0.199 bits per heavy atom. The number of allylic oxidation sites excluding steroid dienone is 24. The van der Waals surface area contributed by atoms with Crippen molar-refractivity contribution < 1.29 is 0 Å². The fourth-order valence-electron chi connectivity index (χ4n) is 24.6. The smallest absolute Gasteiger partial charge is 0.0910 e. The number of benzene rings is 6. The van der Waals surface area contributed by atoms with Crippen LogP contribution in [0.5, 0.6) is 0 Å². The molecule has 4 N–H and O–H groups in total. The van der Waals surface area contributed by atoms with Crippen LogP contribution in [0.15, 0.2) is 350 Å². The standard InChI is InChI=1S/C138H164N8/c1-25-87-79-81-89(27-3)93(31-7)85-118(96-69-57-50-58-70-96)123-102(33-9)110(41-17)131(139-123)133-112(43-19)104(35-11)125(141-133)120(98-73-61-52-62-74-98)127-106(37-13)114(45-21)135(143-127)137-116(47-23)108(39-15)129(145-137)122(100-77-65-54-66-78-100)130-109(40-16)117(48-24)138(146-130)136-115(46-22)107(38-14)128(144-136)121(99-75-63-53-64-76-99)126-105(36-12)113(44-20)134(142-126)132-111(42-18)103(34-10)124(140-132)119(97-71-59-51-60-72-97)86-94(32-8)90(28-4)82-80-88(26-2)92(30-6)84-101(83-91(87)29-5)95-67-55-49-56-68-95/h49-79,82-86,139,142-143,146H,25-48,80-81H2,1-24H3. The molecule has 756 valence electrons. The lowest BCUT2D eigenvalue weighted by Gasteiger charge is -2.16. The summed E-state index contributed by atoms with van der Waals surface area (Å²) in [7, 11) is 0. The van der Waals surface area contributed by atoms with E-state index in [0.29, 0.717) is 0 Å². The van der Waals surface area contributed by atoms with Gasteiger partial charge in [0, 0.05) is 27.9 Å². The lowest BCUT2D eigenvalue weighted by atomic mass is 9.89. The number of aromatic amines is 4. The average molecular weight is 1930 g/mol. The maximum atomic E-state index is 6.29. The number of hydrogen-bond donors (Lipinski definition) is 4. The van der Waals surface area contributed by atoms with Crippen molar-refractivity contribution in [3.8, 4) is 0 Å². The van der Waals surface area contributed by atoms with Crippen molar-refractivity contribution in [2.45, 2.75) is 333 Å². The van der Waals surface area contributed by atoms with E-state index in [1.807, 2.05) is 0 Å². The van der Waals surface area contributed by atoms with Gasteiger partial charge in [0.05, 0.1) is 91.2 Å². The number of fused-ring (bicyclic) bond motifs is 16. The fraction of sp³-hybridized carbons (Fsp3) is 0.362. The summed E-state index contributed by atoms with van der Waals surface area (Å²) < 4.78 is 0. The average Bonchev–Trinajstić information content (AvgIpc) is 1.56. The van der Waals surface area contributed by atoms with E-state index < -0.39 is 0 Å². The molecule has 9 heterocycles. The first kappa shape index (κ1) is 107. The van der Waals surface area contributed by atoms with Crippen LogP contribution in [0.4, 0.5) is 0 Å². The third-order valence-electron chi connectivity index (χ3n) is 31.9. The molecule has 8 heteroatoms. The second-order valence-corrected chi connectivity index (χ2v) is 39.2. The molecular formula is C138H164N8. The van der Waals surface area contributed by atoms with Crippen molar-refractivity contribution in [3.05, 3.63) is 454 Å². The van der Waals surface area contributed by atoms with Gasteiger partial charge in [0.15, 0.2) is 0 Å². The molecule has 8 nitrogen and oxygen atoms in total. The second kappa shape index (κ2) is 49.9. The molecule has 0 fully saturated rings. The molecule has 15 rings (SSSR count). The van der Waals surface area contributed by atoms with Gasteiger partial charge in [0.1, 0.15) is 0 Å². The summed E-state index contributed by atoms with van der Waals surface area (Å²) >= 11 is 0. The lowest BCUT2D eigenvalue weighted by molar-refractivity contribution is 0.946. The minimum absolute atomic E-state index is 0.797. The quantitative estimate of drug-likeness (QED) is 0.0344. The molecule has 5 aliphatic rings. The van der Waals surface area contributed by atoms with Crippen LogP contribution in [0.3, 0.4) is 0 Å². The van der Waals surface area contributed by atoms with Crippen molar-refractivity contribution in [3.63, 3.8) is 0 Å². The van der Waals surface area contributed by atoms with Crippen LogP contribution in [-0.4, -0.2) is 42.8 Å². The minimum Gasteiger partial charge on any atom is -0.353 e. The summed E-state index contributed by atoms with van der Waals surface area (Å²) in [6.45, 7) is 56.6. The zero-order valence-corrected chi connectivity index (χ0v) is 93.0. The van der Waals surface area contributed by atoms with Gasteiger partial charge in [-0.1, -0.05) is 384 Å². The van der Waals surface area contributed by atoms with Crippen LogP contribution in [0.2, 0.25) is 0 Å². The lowest BCUT2D eigenvalue weighted by Crippen LogP contribution is -2.06. The first-order chi connectivity index (χ1) is 71.4. The monoisotopic (exact) mass is 1930 g/mol. The number of aliphatic imine (C=N–C) groups is 4. The summed E-state index contributed by atoms with van der Waals surface area (Å²) in [4.78, 5) is 42.5. The maximum absolute atomic E-state index is 6.29. The summed E-state index contributed by atoms with van der Waals surface area (Å²) in [5.74, 6) is 0. The molecule has 0 atom stereocenters. The van der Waals surface area contributed by atoms with Gasteiger partial charge >= 0.3 is 0 Å². The third-order valence-corrected chi connectivity index (χ3v) is 31.9. The molecule has 0 radical (unpaired) electrons. The van der Waals surface area contributed by atoms with Crippen LogP contribution >= 0.6 is 0 Å². The van der Waals surface area contributed by atoms with E-state index in [2.05, 4.69) is 405 Å². The molecule has 0 spiro atoms. The highest BCUT2D eigenvalue weighted by molar-refractivity contribution is 6.21.